The lowest BCUT2D eigenvalue weighted by atomic mass is 10.0. The summed E-state index contributed by atoms with van der Waals surface area (Å²) in [5.74, 6) is 0.140. The van der Waals surface area contributed by atoms with Crippen molar-refractivity contribution >= 4 is 5.91 Å². The molecule has 2 fully saturated rings. The van der Waals surface area contributed by atoms with E-state index in [-0.39, 0.29) is 5.91 Å². The van der Waals surface area contributed by atoms with Gasteiger partial charge >= 0.3 is 0 Å². The summed E-state index contributed by atoms with van der Waals surface area (Å²) >= 11 is 0. The monoisotopic (exact) mass is 226 g/mol. The molecule has 0 spiro atoms. The van der Waals surface area contributed by atoms with Crippen LogP contribution in [0, 0.1) is 0 Å². The van der Waals surface area contributed by atoms with Crippen LogP contribution in [0.25, 0.3) is 0 Å². The number of nitrogens with zero attached hydrogens (tertiary/aromatic N) is 2. The second kappa shape index (κ2) is 5.15. The largest absolute Gasteiger partial charge is 0.391 e. The van der Waals surface area contributed by atoms with Gasteiger partial charge in [-0.2, -0.15) is 0 Å². The van der Waals surface area contributed by atoms with E-state index in [1.54, 1.807) is 0 Å². The highest BCUT2D eigenvalue weighted by Crippen LogP contribution is 2.22. The number of likely N-dealkylation sites (tertiary alicyclic amines) is 2. The number of carbonyl (C=O) groups is 1. The summed E-state index contributed by atoms with van der Waals surface area (Å²) in [6.07, 6.45) is 3.24. The average Bonchev–Trinajstić information content (AvgIpc) is 2.59. The zero-order valence-corrected chi connectivity index (χ0v) is 10.1. The van der Waals surface area contributed by atoms with Crippen LogP contribution < -0.4 is 0 Å². The minimum Gasteiger partial charge on any atom is -0.391 e. The van der Waals surface area contributed by atoms with Crippen molar-refractivity contribution in [3.8, 4) is 0 Å². The minimum absolute atomic E-state index is 0.140. The average molecular weight is 226 g/mol. The van der Waals surface area contributed by atoms with Gasteiger partial charge in [0.15, 0.2) is 0 Å². The number of β-amino-alcohol motifs (C(OH)–C–C–N with tert-alkyl or cyclic N) is 1. The van der Waals surface area contributed by atoms with Crippen molar-refractivity contribution in [1.29, 1.82) is 0 Å². The molecular formula is C12H22N2O2. The van der Waals surface area contributed by atoms with E-state index < -0.39 is 6.10 Å². The van der Waals surface area contributed by atoms with E-state index in [9.17, 15) is 9.90 Å². The minimum atomic E-state index is -0.429. The molecule has 0 aliphatic carbocycles. The van der Waals surface area contributed by atoms with E-state index in [2.05, 4.69) is 11.8 Å². The molecule has 0 aromatic heterocycles. The molecule has 2 aliphatic heterocycles. The summed E-state index contributed by atoms with van der Waals surface area (Å²) in [5, 5.41) is 9.46. The molecule has 2 saturated heterocycles. The van der Waals surface area contributed by atoms with E-state index >= 15 is 0 Å². The van der Waals surface area contributed by atoms with Crippen molar-refractivity contribution in [3.05, 3.63) is 0 Å². The lowest BCUT2D eigenvalue weighted by molar-refractivity contribution is -0.130. The molecule has 2 aliphatic rings. The van der Waals surface area contributed by atoms with Crippen LogP contribution in [0.2, 0.25) is 0 Å². The predicted octanol–water partition coefficient (Wildman–Crippen LogP) is 0.454. The van der Waals surface area contributed by atoms with Gasteiger partial charge in [-0.15, -0.1) is 0 Å². The van der Waals surface area contributed by atoms with Crippen molar-refractivity contribution in [2.75, 3.05) is 26.2 Å². The molecule has 1 amide bonds. The summed E-state index contributed by atoms with van der Waals surface area (Å²) < 4.78 is 0. The third-order valence-corrected chi connectivity index (χ3v) is 3.68. The Morgan fingerprint density at radius 3 is 2.56 bits per heavy atom. The Hall–Kier alpha value is -0.610. The lowest BCUT2D eigenvalue weighted by Crippen LogP contribution is -2.45. The fourth-order valence-corrected chi connectivity index (χ4v) is 2.84. The Morgan fingerprint density at radius 1 is 1.38 bits per heavy atom. The van der Waals surface area contributed by atoms with Crippen LogP contribution in [0.4, 0.5) is 0 Å². The molecule has 1 unspecified atom stereocenters. The summed E-state index contributed by atoms with van der Waals surface area (Å²) in [4.78, 5) is 16.0. The number of hydrogen-bond donors (Lipinski definition) is 1. The van der Waals surface area contributed by atoms with Gasteiger partial charge in [0.1, 0.15) is 0 Å². The fraction of sp³-hybridized carbons (Fsp3) is 0.917. The number of hydrogen-bond acceptors (Lipinski definition) is 3. The first-order chi connectivity index (χ1) is 7.70. The van der Waals surface area contributed by atoms with Crippen LogP contribution in [0.5, 0.6) is 0 Å². The van der Waals surface area contributed by atoms with Gasteiger partial charge < -0.3 is 14.9 Å². The van der Waals surface area contributed by atoms with Gasteiger partial charge in [0.05, 0.1) is 12.5 Å². The van der Waals surface area contributed by atoms with E-state index in [4.69, 9.17) is 0 Å². The first-order valence-electron chi connectivity index (χ1n) is 6.40. The maximum atomic E-state index is 11.6. The molecular weight excluding hydrogens is 204 g/mol. The highest BCUT2D eigenvalue weighted by Gasteiger charge is 2.34. The quantitative estimate of drug-likeness (QED) is 0.760. The van der Waals surface area contributed by atoms with Crippen LogP contribution >= 0.6 is 0 Å². The van der Waals surface area contributed by atoms with Crippen molar-refractivity contribution in [1.82, 2.24) is 9.80 Å². The first kappa shape index (κ1) is 11.9. The molecule has 1 atom stereocenters. The molecule has 2 heterocycles. The number of rotatable bonds is 3. The molecule has 0 aromatic rings. The fourth-order valence-electron chi connectivity index (χ4n) is 2.84. The zero-order chi connectivity index (χ0) is 11.5. The molecule has 0 saturated carbocycles. The topological polar surface area (TPSA) is 43.8 Å². The van der Waals surface area contributed by atoms with Gasteiger partial charge in [-0.05, 0) is 25.8 Å². The standard InChI is InChI=1S/C12H22N2O2/c1-2-5-13-6-3-10(4-7-13)14-9-11(15)8-12(14)16/h10-11,15H,2-9H2,1H3. The summed E-state index contributed by atoms with van der Waals surface area (Å²) in [7, 11) is 0. The van der Waals surface area contributed by atoms with Gasteiger partial charge in [0.25, 0.3) is 0 Å². The van der Waals surface area contributed by atoms with Crippen molar-refractivity contribution < 1.29 is 9.90 Å². The zero-order valence-electron chi connectivity index (χ0n) is 10.1. The normalized spacial score (nSPS) is 29.0. The molecule has 0 radical (unpaired) electrons. The van der Waals surface area contributed by atoms with Crippen molar-refractivity contribution in [3.63, 3.8) is 0 Å². The molecule has 1 N–H and O–H groups in total. The smallest absolute Gasteiger partial charge is 0.225 e. The lowest BCUT2D eigenvalue weighted by Gasteiger charge is -2.36. The molecule has 4 nitrogen and oxygen atoms in total. The third kappa shape index (κ3) is 2.55. The van der Waals surface area contributed by atoms with Crippen LogP contribution in [-0.4, -0.2) is 59.1 Å². The Bertz CT molecular complexity index is 249. The summed E-state index contributed by atoms with van der Waals surface area (Å²) in [5.41, 5.74) is 0. The molecule has 0 aromatic carbocycles. The van der Waals surface area contributed by atoms with Gasteiger partial charge in [0, 0.05) is 25.7 Å². The second-order valence-corrected chi connectivity index (χ2v) is 4.98. The van der Waals surface area contributed by atoms with E-state index in [1.807, 2.05) is 4.90 Å². The van der Waals surface area contributed by atoms with Crippen LogP contribution in [-0.2, 0) is 4.79 Å². The predicted molar refractivity (Wildman–Crippen MR) is 62.1 cm³/mol. The van der Waals surface area contributed by atoms with Crippen molar-refractivity contribution in [2.24, 2.45) is 0 Å². The van der Waals surface area contributed by atoms with E-state index in [1.165, 1.54) is 13.0 Å². The maximum absolute atomic E-state index is 11.6. The van der Waals surface area contributed by atoms with Crippen LogP contribution in [0.1, 0.15) is 32.6 Å². The number of aliphatic hydroxyl groups is 1. The SMILES string of the molecule is CCCN1CCC(N2CC(O)CC2=O)CC1. The van der Waals surface area contributed by atoms with Crippen molar-refractivity contribution in [2.45, 2.75) is 44.8 Å². The van der Waals surface area contributed by atoms with E-state index in [0.29, 0.717) is 19.0 Å². The Morgan fingerprint density at radius 2 is 2.06 bits per heavy atom. The molecule has 16 heavy (non-hydrogen) atoms. The van der Waals surface area contributed by atoms with Gasteiger partial charge in [0.2, 0.25) is 5.91 Å². The van der Waals surface area contributed by atoms with Crippen LogP contribution in [0.3, 0.4) is 0 Å². The van der Waals surface area contributed by atoms with E-state index in [0.717, 1.165) is 25.9 Å². The summed E-state index contributed by atoms with van der Waals surface area (Å²) in [6, 6.07) is 0.373. The molecule has 0 bridgehead atoms. The van der Waals surface area contributed by atoms with Crippen LogP contribution in [0.15, 0.2) is 0 Å². The van der Waals surface area contributed by atoms with Gasteiger partial charge in [-0.25, -0.2) is 0 Å². The Kier molecular flexibility index (Phi) is 3.82. The molecule has 92 valence electrons. The highest BCUT2D eigenvalue weighted by molar-refractivity contribution is 5.79. The molecule has 4 heteroatoms. The van der Waals surface area contributed by atoms with Gasteiger partial charge in [-0.1, -0.05) is 6.92 Å². The first-order valence-corrected chi connectivity index (χ1v) is 6.40. The molecule has 2 rings (SSSR count). The number of carbonyl (C=O) groups excluding carboxylic acids is 1. The number of piperidine rings is 1. The van der Waals surface area contributed by atoms with Gasteiger partial charge in [-0.3, -0.25) is 4.79 Å². The number of aliphatic hydroxyl groups excluding tert-OH is 1. The third-order valence-electron chi connectivity index (χ3n) is 3.68. The number of amides is 1. The maximum Gasteiger partial charge on any atom is 0.225 e. The Labute approximate surface area is 97.2 Å². The Balaban J connectivity index is 1.82. The highest BCUT2D eigenvalue weighted by atomic mass is 16.3. The summed E-state index contributed by atoms with van der Waals surface area (Å²) in [6.45, 7) is 6.11. The second-order valence-electron chi connectivity index (χ2n) is 4.98.